The molecule has 1 fully saturated rings. The Morgan fingerprint density at radius 1 is 1.05 bits per heavy atom. The van der Waals surface area contributed by atoms with E-state index in [0.29, 0.717) is 17.9 Å². The zero-order valence-corrected chi connectivity index (χ0v) is 25.6. The van der Waals surface area contributed by atoms with Crippen molar-refractivity contribution in [2.24, 2.45) is 10.2 Å². The van der Waals surface area contributed by atoms with Crippen LogP contribution in [0.15, 0.2) is 51.8 Å². The van der Waals surface area contributed by atoms with Crippen LogP contribution in [0.2, 0.25) is 0 Å². The first-order valence-electron chi connectivity index (χ1n) is 13.9. The SMILES string of the molecule is CC(C)OC(=O)NC1CCC(c2ncc(-c3ccc(-c4cnc5c(c4)CN=N5)cc3S(=O)(=O)NC(C)(C)C)s2)CC1. The minimum Gasteiger partial charge on any atom is -0.447 e. The van der Waals surface area contributed by atoms with Gasteiger partial charge in [0.1, 0.15) is 0 Å². The number of nitrogens with one attached hydrogen (secondary N) is 2. The van der Waals surface area contributed by atoms with Crippen molar-refractivity contribution in [3.8, 4) is 21.6 Å². The number of carbonyl (C=O) groups excluding carboxylic acids is 1. The maximum absolute atomic E-state index is 13.7. The molecule has 1 amide bonds. The van der Waals surface area contributed by atoms with Gasteiger partial charge in [-0.25, -0.2) is 27.9 Å². The summed E-state index contributed by atoms with van der Waals surface area (Å²) in [6.45, 7) is 9.60. The third-order valence-electron chi connectivity index (χ3n) is 6.92. The Hall–Kier alpha value is -3.22. The first kappa shape index (κ1) is 29.3. The summed E-state index contributed by atoms with van der Waals surface area (Å²) >= 11 is 1.53. The average Bonchev–Trinajstić information content (AvgIpc) is 3.56. The largest absolute Gasteiger partial charge is 0.447 e. The first-order valence-corrected chi connectivity index (χ1v) is 16.2. The molecule has 1 aromatic carbocycles. The van der Waals surface area contributed by atoms with Crippen LogP contribution in [0.25, 0.3) is 21.6 Å². The van der Waals surface area contributed by atoms with Gasteiger partial charge in [-0.05, 0) is 78.0 Å². The van der Waals surface area contributed by atoms with Crippen LogP contribution in [0.3, 0.4) is 0 Å². The Labute approximate surface area is 245 Å². The minimum atomic E-state index is -3.86. The van der Waals surface area contributed by atoms with Crippen molar-refractivity contribution < 1.29 is 17.9 Å². The molecule has 12 heteroatoms. The van der Waals surface area contributed by atoms with Crippen LogP contribution in [0.1, 0.15) is 76.8 Å². The van der Waals surface area contributed by atoms with E-state index in [1.54, 1.807) is 18.5 Å². The standard InChI is InChI=1S/C29H36N6O4S2/c1-17(2)39-28(36)33-22-9-6-18(7-10-22)27-31-16-24(40-27)23-11-8-19(13-25(23)41(37,38)35-29(3,4)5)20-12-21-15-32-34-26(21)30-14-20/h8,11-14,16-18,22,35H,6-7,9-10,15H2,1-5H3,(H,33,36). The topological polar surface area (TPSA) is 135 Å². The number of pyridine rings is 1. The number of amides is 1. The molecule has 5 rings (SSSR count). The van der Waals surface area contributed by atoms with Gasteiger partial charge in [0.05, 0.1) is 27.4 Å². The molecule has 1 aliphatic heterocycles. The second-order valence-corrected chi connectivity index (χ2v) is 14.6. The van der Waals surface area contributed by atoms with Crippen molar-refractivity contribution in [1.29, 1.82) is 0 Å². The first-order chi connectivity index (χ1) is 19.4. The van der Waals surface area contributed by atoms with E-state index < -0.39 is 15.6 Å². The van der Waals surface area contributed by atoms with Gasteiger partial charge in [0.15, 0.2) is 5.82 Å². The lowest BCUT2D eigenvalue weighted by Crippen LogP contribution is -2.40. The van der Waals surface area contributed by atoms with E-state index in [1.807, 2.05) is 52.8 Å². The minimum absolute atomic E-state index is 0.0840. The second kappa shape index (κ2) is 11.6. The second-order valence-electron chi connectivity index (χ2n) is 11.9. The number of alkyl carbamates (subject to hydrolysis) is 1. The molecule has 2 aliphatic rings. The molecule has 2 aromatic heterocycles. The van der Waals surface area contributed by atoms with Gasteiger partial charge in [-0.2, -0.15) is 5.11 Å². The molecule has 2 N–H and O–H groups in total. The number of thiazole rings is 1. The number of aromatic nitrogens is 2. The van der Waals surface area contributed by atoms with Crippen molar-refractivity contribution in [3.63, 3.8) is 0 Å². The third kappa shape index (κ3) is 6.99. The number of rotatable bonds is 7. The van der Waals surface area contributed by atoms with Crippen LogP contribution in [0, 0.1) is 0 Å². The summed E-state index contributed by atoms with van der Waals surface area (Å²) in [6, 6.07) is 7.53. The highest BCUT2D eigenvalue weighted by Crippen LogP contribution is 2.41. The van der Waals surface area contributed by atoms with Gasteiger partial charge >= 0.3 is 6.09 Å². The summed E-state index contributed by atoms with van der Waals surface area (Å²) in [5.41, 5.74) is 2.43. The molecule has 0 unspecified atom stereocenters. The number of nitrogens with zero attached hydrogens (tertiary/aromatic N) is 4. The molecule has 3 heterocycles. The van der Waals surface area contributed by atoms with E-state index in [9.17, 15) is 13.2 Å². The lowest BCUT2D eigenvalue weighted by atomic mass is 9.86. The molecule has 0 bridgehead atoms. The molecule has 218 valence electrons. The zero-order valence-electron chi connectivity index (χ0n) is 24.0. The molecule has 3 aromatic rings. The molecule has 1 aliphatic carbocycles. The van der Waals surface area contributed by atoms with E-state index in [-0.39, 0.29) is 29.1 Å². The molecule has 41 heavy (non-hydrogen) atoms. The monoisotopic (exact) mass is 596 g/mol. The fourth-order valence-corrected chi connectivity index (χ4v) is 7.99. The van der Waals surface area contributed by atoms with Gasteiger partial charge in [-0.15, -0.1) is 16.5 Å². The predicted molar refractivity (Wildman–Crippen MR) is 159 cm³/mol. The number of hydrogen-bond donors (Lipinski definition) is 2. The van der Waals surface area contributed by atoms with Gasteiger partial charge in [-0.3, -0.25) is 0 Å². The lowest BCUT2D eigenvalue weighted by molar-refractivity contribution is 0.109. The van der Waals surface area contributed by atoms with Crippen LogP contribution in [-0.4, -0.2) is 42.2 Å². The van der Waals surface area contributed by atoms with E-state index in [0.717, 1.165) is 52.3 Å². The smallest absolute Gasteiger partial charge is 0.407 e. The normalized spacial score (nSPS) is 18.9. The van der Waals surface area contributed by atoms with Crippen LogP contribution < -0.4 is 10.0 Å². The predicted octanol–water partition coefficient (Wildman–Crippen LogP) is 6.71. The summed E-state index contributed by atoms with van der Waals surface area (Å²) < 4.78 is 35.4. The number of ether oxygens (including phenoxy) is 1. The molecule has 0 radical (unpaired) electrons. The van der Waals surface area contributed by atoms with Gasteiger partial charge in [0.25, 0.3) is 0 Å². The number of fused-ring (bicyclic) bond motifs is 1. The zero-order chi connectivity index (χ0) is 29.4. The summed E-state index contributed by atoms with van der Waals surface area (Å²) in [5, 5.41) is 12.0. The number of benzene rings is 1. The van der Waals surface area contributed by atoms with Crippen molar-refractivity contribution in [1.82, 2.24) is 20.0 Å². The summed E-state index contributed by atoms with van der Waals surface area (Å²) in [6.07, 6.45) is 6.40. The van der Waals surface area contributed by atoms with Crippen LogP contribution in [0.5, 0.6) is 0 Å². The summed E-state index contributed by atoms with van der Waals surface area (Å²) in [5.74, 6) is 0.860. The molecule has 10 nitrogen and oxygen atoms in total. The summed E-state index contributed by atoms with van der Waals surface area (Å²) in [4.78, 5) is 22.1. The van der Waals surface area contributed by atoms with Crippen LogP contribution in [-0.2, 0) is 21.3 Å². The highest BCUT2D eigenvalue weighted by molar-refractivity contribution is 7.89. The Morgan fingerprint density at radius 2 is 1.80 bits per heavy atom. The maximum atomic E-state index is 13.7. The van der Waals surface area contributed by atoms with E-state index in [4.69, 9.17) is 9.72 Å². The number of hydrogen-bond acceptors (Lipinski definition) is 9. The highest BCUT2D eigenvalue weighted by Gasteiger charge is 2.29. The van der Waals surface area contributed by atoms with Gasteiger partial charge < -0.3 is 10.1 Å². The number of carbonyl (C=O) groups is 1. The van der Waals surface area contributed by atoms with Gasteiger partial charge in [0.2, 0.25) is 10.0 Å². The van der Waals surface area contributed by atoms with Crippen molar-refractivity contribution in [3.05, 3.63) is 47.2 Å². The van der Waals surface area contributed by atoms with Crippen molar-refractivity contribution in [2.75, 3.05) is 0 Å². The van der Waals surface area contributed by atoms with Crippen LogP contribution in [0.4, 0.5) is 10.6 Å². The molecule has 1 saturated carbocycles. The Balaban J connectivity index is 1.40. The van der Waals surface area contributed by atoms with Crippen molar-refractivity contribution in [2.45, 2.75) is 95.3 Å². The third-order valence-corrected chi connectivity index (χ3v) is 9.92. The Bertz CT molecular complexity index is 1570. The fourth-order valence-electron chi connectivity index (χ4n) is 5.13. The summed E-state index contributed by atoms with van der Waals surface area (Å²) in [7, 11) is -3.86. The van der Waals surface area contributed by atoms with Gasteiger partial charge in [-0.1, -0.05) is 12.1 Å². The Morgan fingerprint density at radius 3 is 2.51 bits per heavy atom. The molecular weight excluding hydrogens is 560 g/mol. The maximum Gasteiger partial charge on any atom is 0.407 e. The Kier molecular flexibility index (Phi) is 8.27. The molecular formula is C29H36N6O4S2. The van der Waals surface area contributed by atoms with E-state index >= 15 is 0 Å². The molecule has 0 spiro atoms. The quantitative estimate of drug-likeness (QED) is 0.311. The molecule has 0 atom stereocenters. The number of azo groups is 1. The van der Waals surface area contributed by atoms with Crippen molar-refractivity contribution >= 4 is 33.3 Å². The molecule has 0 saturated heterocycles. The lowest BCUT2D eigenvalue weighted by Gasteiger charge is -2.28. The average molecular weight is 597 g/mol. The highest BCUT2D eigenvalue weighted by atomic mass is 32.2. The van der Waals surface area contributed by atoms with E-state index in [1.165, 1.54) is 11.3 Å². The number of sulfonamides is 1. The van der Waals surface area contributed by atoms with Gasteiger partial charge in [0, 0.05) is 46.6 Å². The fraction of sp³-hybridized carbons (Fsp3) is 0.483. The van der Waals surface area contributed by atoms with E-state index in [2.05, 4.69) is 25.3 Å². The van der Waals surface area contributed by atoms with Crippen LogP contribution >= 0.6 is 11.3 Å².